The van der Waals surface area contributed by atoms with E-state index in [2.05, 4.69) is 30.6 Å². The van der Waals surface area contributed by atoms with Gasteiger partial charge in [-0.3, -0.25) is 24.4 Å². The standard InChI is InChI=1S/C8H12.CH5P2.Zr/c1-5-7(3)8(4)6-2;2-1-3;/h1-4H3;1H,2-3H2;/q-2;-1;+3. The van der Waals surface area contributed by atoms with Crippen LogP contribution < -0.4 is 0 Å². The molecule has 2 atom stereocenters. The van der Waals surface area contributed by atoms with Crippen LogP contribution in [0.2, 0.25) is 0 Å². The molecule has 0 aromatic heterocycles. The summed E-state index contributed by atoms with van der Waals surface area (Å²) in [6, 6.07) is 0. The van der Waals surface area contributed by atoms with E-state index in [-0.39, 0.29) is 26.2 Å². The second kappa shape index (κ2) is 14.7. The monoisotopic (exact) mass is 277 g/mol. The summed E-state index contributed by atoms with van der Waals surface area (Å²) in [5.74, 6) is 1.83. The molecule has 0 N–H and O–H groups in total. The van der Waals surface area contributed by atoms with E-state index in [9.17, 15) is 0 Å². The van der Waals surface area contributed by atoms with E-state index in [0.29, 0.717) is 0 Å². The van der Waals surface area contributed by atoms with E-state index in [4.69, 9.17) is 0 Å². The summed E-state index contributed by atoms with van der Waals surface area (Å²) < 4.78 is 0. The van der Waals surface area contributed by atoms with E-state index >= 15 is 0 Å². The first-order chi connectivity index (χ1) is 5.13. The van der Waals surface area contributed by atoms with Crippen LogP contribution in [0.3, 0.4) is 0 Å². The van der Waals surface area contributed by atoms with E-state index in [1.165, 1.54) is 11.1 Å². The van der Waals surface area contributed by atoms with Crippen molar-refractivity contribution in [1.29, 1.82) is 0 Å². The van der Waals surface area contributed by atoms with Gasteiger partial charge < -0.3 is 23.3 Å². The largest absolute Gasteiger partial charge is 3.00 e. The van der Waals surface area contributed by atoms with Crippen molar-refractivity contribution in [3.63, 3.8) is 0 Å². The molecule has 3 heteroatoms. The van der Waals surface area contributed by atoms with Gasteiger partial charge in [0.1, 0.15) is 0 Å². The molecule has 0 saturated heterocycles. The molecule has 2 unspecified atom stereocenters. The maximum atomic E-state index is 3.03. The molecule has 0 nitrogen and oxygen atoms in total. The van der Waals surface area contributed by atoms with E-state index in [1.807, 2.05) is 33.6 Å². The van der Waals surface area contributed by atoms with Crippen molar-refractivity contribution < 1.29 is 26.2 Å². The van der Waals surface area contributed by atoms with E-state index in [1.54, 1.807) is 0 Å². The number of rotatable bonds is 1. The minimum absolute atomic E-state index is 0. The summed E-state index contributed by atoms with van der Waals surface area (Å²) in [5.41, 5.74) is 2.38. The molecule has 0 fully saturated rings. The third kappa shape index (κ3) is 13.8. The van der Waals surface area contributed by atoms with Gasteiger partial charge in [0.05, 0.1) is 0 Å². The van der Waals surface area contributed by atoms with Crippen LogP contribution in [0.15, 0.2) is 11.1 Å². The molecule has 0 aromatic carbocycles. The molecule has 12 heavy (non-hydrogen) atoms. The molecule has 0 spiro atoms. The summed E-state index contributed by atoms with van der Waals surface area (Å²) in [5, 5.41) is 0. The number of allylic oxidation sites excluding steroid dienone is 4. The SMILES string of the molecule is C[C-]=C(C)C(C)=[C-]C.P[CH-]P.[Zr+3]. The zero-order chi connectivity index (χ0) is 9.28. The van der Waals surface area contributed by atoms with Gasteiger partial charge >= 0.3 is 26.2 Å². The second-order valence-electron chi connectivity index (χ2n) is 1.94. The van der Waals surface area contributed by atoms with Crippen molar-refractivity contribution in [1.82, 2.24) is 0 Å². The molecule has 0 saturated carbocycles. The molecule has 0 aliphatic heterocycles. The molecule has 0 bridgehead atoms. The Labute approximate surface area is 101 Å². The van der Waals surface area contributed by atoms with Crippen molar-refractivity contribution in [2.45, 2.75) is 27.7 Å². The number of hydrogen-bond acceptors (Lipinski definition) is 0. The van der Waals surface area contributed by atoms with Gasteiger partial charge in [-0.2, -0.15) is 0 Å². The Morgan fingerprint density at radius 3 is 1.25 bits per heavy atom. The van der Waals surface area contributed by atoms with Gasteiger partial charge in [-0.15, -0.1) is 27.7 Å². The summed E-state index contributed by atoms with van der Waals surface area (Å²) in [7, 11) is 4.83. The minimum Gasteiger partial charge on any atom is -0.376 e. The maximum Gasteiger partial charge on any atom is 3.00 e. The van der Waals surface area contributed by atoms with Crippen LogP contribution >= 0.6 is 18.5 Å². The smallest absolute Gasteiger partial charge is 0.376 e. The Bertz CT molecular complexity index is 123. The Morgan fingerprint density at radius 1 is 1.00 bits per heavy atom. The van der Waals surface area contributed by atoms with E-state index < -0.39 is 0 Å². The molecule has 0 aliphatic rings. The minimum atomic E-state index is 0. The van der Waals surface area contributed by atoms with Gasteiger partial charge in [0.25, 0.3) is 0 Å². The first-order valence-corrected chi connectivity index (χ1v) is 4.75. The summed E-state index contributed by atoms with van der Waals surface area (Å²) in [6.07, 6.45) is 6.07. The van der Waals surface area contributed by atoms with Crippen molar-refractivity contribution in [2.75, 3.05) is 0 Å². The zero-order valence-electron chi connectivity index (χ0n) is 8.23. The Morgan fingerprint density at radius 2 is 1.17 bits per heavy atom. The Kier molecular flexibility index (Phi) is 23.2. The van der Waals surface area contributed by atoms with Crippen LogP contribution in [0, 0.1) is 18.1 Å². The molecule has 0 heterocycles. The Hall–Kier alpha value is 1.22. The topological polar surface area (TPSA) is 0 Å². The first-order valence-electron chi connectivity index (χ1n) is 3.42. The van der Waals surface area contributed by atoms with Gasteiger partial charge in [-0.25, -0.2) is 0 Å². The summed E-state index contributed by atoms with van der Waals surface area (Å²) in [6.45, 7) is 7.89. The molecule has 67 valence electrons. The first kappa shape index (κ1) is 18.9. The van der Waals surface area contributed by atoms with Crippen molar-refractivity contribution >= 4 is 18.5 Å². The molecular weight excluding hydrogens is 261 g/mol. The van der Waals surface area contributed by atoms with Gasteiger partial charge in [0, 0.05) is 0 Å². The molecule has 0 aromatic rings. The average molecular weight is 278 g/mol. The van der Waals surface area contributed by atoms with Crippen molar-refractivity contribution in [3.05, 3.63) is 29.2 Å². The predicted molar refractivity (Wildman–Crippen MR) is 59.9 cm³/mol. The third-order valence-corrected chi connectivity index (χ3v) is 1.31. The Balaban J connectivity index is -0.000000177. The van der Waals surface area contributed by atoms with Gasteiger partial charge in [-0.05, 0) is 0 Å². The number of hydrogen-bond donors (Lipinski definition) is 0. The molecule has 1 radical (unpaired) electrons. The molecule has 0 rings (SSSR count). The molecule has 0 aliphatic carbocycles. The predicted octanol–water partition coefficient (Wildman–Crippen LogP) is 3.38. The van der Waals surface area contributed by atoms with Crippen LogP contribution in [0.5, 0.6) is 0 Å². The van der Waals surface area contributed by atoms with Gasteiger partial charge in [-0.1, -0.05) is 0 Å². The average Bonchev–Trinajstić information content (AvgIpc) is 2.03. The van der Waals surface area contributed by atoms with Crippen LogP contribution in [0.4, 0.5) is 0 Å². The third-order valence-electron chi connectivity index (χ3n) is 1.31. The van der Waals surface area contributed by atoms with Crippen molar-refractivity contribution in [3.8, 4) is 0 Å². The quantitative estimate of drug-likeness (QED) is 0.392. The molecule has 0 amide bonds. The van der Waals surface area contributed by atoms with E-state index in [0.717, 1.165) is 0 Å². The summed E-state index contributed by atoms with van der Waals surface area (Å²) >= 11 is 0. The van der Waals surface area contributed by atoms with Gasteiger partial charge in [0.15, 0.2) is 0 Å². The summed E-state index contributed by atoms with van der Waals surface area (Å²) in [4.78, 5) is 0. The maximum absolute atomic E-state index is 3.03. The van der Waals surface area contributed by atoms with Crippen LogP contribution in [-0.4, -0.2) is 0 Å². The van der Waals surface area contributed by atoms with Crippen LogP contribution in [0.1, 0.15) is 27.7 Å². The van der Waals surface area contributed by atoms with Crippen molar-refractivity contribution in [2.24, 2.45) is 0 Å². The fourth-order valence-electron chi connectivity index (χ4n) is 0.375. The molecular formula is C9H17P2Zr. The van der Waals surface area contributed by atoms with Gasteiger partial charge in [0.2, 0.25) is 0 Å². The fourth-order valence-corrected chi connectivity index (χ4v) is 0.375. The fraction of sp³-hybridized carbons (Fsp3) is 0.444. The zero-order valence-corrected chi connectivity index (χ0v) is 13.0. The van der Waals surface area contributed by atoms with Crippen LogP contribution in [0.25, 0.3) is 0 Å². The normalized spacial score (nSPS) is 11.2. The second-order valence-corrected chi connectivity index (χ2v) is 3.48. The van der Waals surface area contributed by atoms with Crippen LogP contribution in [-0.2, 0) is 26.2 Å².